The van der Waals surface area contributed by atoms with Gasteiger partial charge in [-0.3, -0.25) is 4.98 Å². The predicted molar refractivity (Wildman–Crippen MR) is 127 cm³/mol. The molecule has 32 heavy (non-hydrogen) atoms. The number of nitrogens with zero attached hydrogens (tertiary/aromatic N) is 2. The summed E-state index contributed by atoms with van der Waals surface area (Å²) in [7, 11) is 0. The first-order valence-electron chi connectivity index (χ1n) is 10.4. The average molecular weight is 485 g/mol. The van der Waals surface area contributed by atoms with Crippen molar-refractivity contribution in [3.8, 4) is 0 Å². The molecule has 0 aliphatic carbocycles. The Labute approximate surface area is 197 Å². The number of aromatic nitrogens is 1. The van der Waals surface area contributed by atoms with Crippen molar-refractivity contribution >= 4 is 34.6 Å². The molecule has 0 atom stereocenters. The second kappa shape index (κ2) is 9.15. The molecule has 0 bridgehead atoms. The van der Waals surface area contributed by atoms with E-state index in [1.807, 2.05) is 17.0 Å². The minimum atomic E-state index is -4.56. The van der Waals surface area contributed by atoms with Gasteiger partial charge in [-0.2, -0.15) is 13.2 Å². The lowest BCUT2D eigenvalue weighted by Gasteiger charge is -2.50. The molecule has 1 aromatic heterocycles. The molecule has 1 aliphatic heterocycles. The van der Waals surface area contributed by atoms with E-state index in [2.05, 4.69) is 43.3 Å². The first-order valence-corrected chi connectivity index (χ1v) is 11.2. The number of halogens is 4. The molecule has 9 heteroatoms. The van der Waals surface area contributed by atoms with E-state index < -0.39 is 11.7 Å². The molecule has 1 aliphatic rings. The molecule has 174 valence electrons. The molecule has 0 unspecified atom stereocenters. The Morgan fingerprint density at radius 3 is 2.44 bits per heavy atom. The van der Waals surface area contributed by atoms with Crippen LogP contribution in [-0.4, -0.2) is 32.1 Å². The van der Waals surface area contributed by atoms with Crippen LogP contribution < -0.4 is 10.6 Å². The van der Waals surface area contributed by atoms with Gasteiger partial charge in [0.25, 0.3) is 0 Å². The van der Waals surface area contributed by atoms with E-state index in [9.17, 15) is 13.2 Å². The second-order valence-corrected chi connectivity index (χ2v) is 10.4. The monoisotopic (exact) mass is 484 g/mol. The van der Waals surface area contributed by atoms with E-state index >= 15 is 0 Å². The molecule has 2 N–H and O–H groups in total. The van der Waals surface area contributed by atoms with E-state index in [1.165, 1.54) is 12.1 Å². The Balaban J connectivity index is 1.94. The Morgan fingerprint density at radius 1 is 1.22 bits per heavy atom. The molecule has 2 heterocycles. The Morgan fingerprint density at radius 2 is 1.88 bits per heavy atom. The molecule has 0 radical (unpaired) electrons. The highest BCUT2D eigenvalue weighted by atomic mass is 35.5. The van der Waals surface area contributed by atoms with Crippen LogP contribution in [0.1, 0.15) is 51.7 Å². The topological polar surface area (TPSA) is 40.2 Å². The van der Waals surface area contributed by atoms with Crippen LogP contribution in [0.25, 0.3) is 0 Å². The van der Waals surface area contributed by atoms with Crippen molar-refractivity contribution in [3.63, 3.8) is 0 Å². The fourth-order valence-corrected chi connectivity index (χ4v) is 5.09. The van der Waals surface area contributed by atoms with Gasteiger partial charge in [-0.25, -0.2) is 0 Å². The summed E-state index contributed by atoms with van der Waals surface area (Å²) >= 11 is 11.5. The fourth-order valence-electron chi connectivity index (χ4n) is 4.59. The molecule has 0 saturated carbocycles. The van der Waals surface area contributed by atoms with E-state index in [0.29, 0.717) is 6.54 Å². The lowest BCUT2D eigenvalue weighted by molar-refractivity contribution is -0.136. The van der Waals surface area contributed by atoms with Gasteiger partial charge < -0.3 is 15.5 Å². The highest BCUT2D eigenvalue weighted by Gasteiger charge is 2.41. The third-order valence-corrected chi connectivity index (χ3v) is 6.05. The molecular formula is C23H28ClF3N4S. The molecule has 1 aromatic carbocycles. The summed E-state index contributed by atoms with van der Waals surface area (Å²) in [6.07, 6.45) is 0.438. The number of thiocarbonyl (C=S) groups is 1. The van der Waals surface area contributed by atoms with Crippen molar-refractivity contribution in [1.82, 2.24) is 15.2 Å². The third kappa shape index (κ3) is 6.33. The van der Waals surface area contributed by atoms with Gasteiger partial charge in [-0.1, -0.05) is 17.7 Å². The number of piperidine rings is 1. The highest BCUT2D eigenvalue weighted by Crippen LogP contribution is 2.37. The van der Waals surface area contributed by atoms with Gasteiger partial charge in [0.15, 0.2) is 5.11 Å². The van der Waals surface area contributed by atoms with Crippen molar-refractivity contribution in [2.24, 2.45) is 0 Å². The van der Waals surface area contributed by atoms with Gasteiger partial charge >= 0.3 is 6.18 Å². The summed E-state index contributed by atoms with van der Waals surface area (Å²) in [5, 5.41) is 6.75. The quantitative estimate of drug-likeness (QED) is 0.501. The Kier molecular flexibility index (Phi) is 7.08. The van der Waals surface area contributed by atoms with Crippen LogP contribution in [0.15, 0.2) is 42.7 Å². The van der Waals surface area contributed by atoms with Crippen LogP contribution in [0.2, 0.25) is 5.02 Å². The number of hydrogen-bond acceptors (Lipinski definition) is 3. The van der Waals surface area contributed by atoms with Crippen LogP contribution >= 0.6 is 23.8 Å². The molecule has 4 nitrogen and oxygen atoms in total. The summed E-state index contributed by atoms with van der Waals surface area (Å²) in [6, 6.07) is 7.43. The van der Waals surface area contributed by atoms with Crippen molar-refractivity contribution in [3.05, 3.63) is 58.9 Å². The zero-order chi connectivity index (χ0) is 23.7. The number of alkyl halides is 3. The van der Waals surface area contributed by atoms with Crippen LogP contribution in [0, 0.1) is 0 Å². The third-order valence-electron chi connectivity index (χ3n) is 5.47. The number of benzene rings is 1. The summed E-state index contributed by atoms with van der Waals surface area (Å²) in [6.45, 7) is 8.94. The largest absolute Gasteiger partial charge is 0.418 e. The van der Waals surface area contributed by atoms with Crippen molar-refractivity contribution < 1.29 is 13.2 Å². The second-order valence-electron chi connectivity index (χ2n) is 9.56. The maximum absolute atomic E-state index is 13.6. The van der Waals surface area contributed by atoms with E-state index in [4.69, 9.17) is 23.8 Å². The number of rotatable bonds is 4. The highest BCUT2D eigenvalue weighted by molar-refractivity contribution is 7.80. The van der Waals surface area contributed by atoms with E-state index in [0.717, 1.165) is 24.5 Å². The lowest BCUT2D eigenvalue weighted by atomic mass is 9.79. The van der Waals surface area contributed by atoms with Gasteiger partial charge in [-0.15, -0.1) is 0 Å². The maximum Gasteiger partial charge on any atom is 0.418 e. The summed E-state index contributed by atoms with van der Waals surface area (Å²) in [4.78, 5) is 6.15. The zero-order valence-corrected chi connectivity index (χ0v) is 20.1. The van der Waals surface area contributed by atoms with Crippen LogP contribution in [0.5, 0.6) is 0 Å². The van der Waals surface area contributed by atoms with Crippen molar-refractivity contribution in [2.45, 2.75) is 70.4 Å². The summed E-state index contributed by atoms with van der Waals surface area (Å²) in [5.41, 5.74) is -0.354. The minimum Gasteiger partial charge on any atom is -0.342 e. The number of anilines is 1. The molecule has 1 fully saturated rings. The van der Waals surface area contributed by atoms with E-state index in [-0.39, 0.29) is 32.9 Å². The van der Waals surface area contributed by atoms with Gasteiger partial charge in [0.05, 0.1) is 11.3 Å². The van der Waals surface area contributed by atoms with Crippen LogP contribution in [0.4, 0.5) is 18.9 Å². The summed E-state index contributed by atoms with van der Waals surface area (Å²) < 4.78 is 40.8. The smallest absolute Gasteiger partial charge is 0.342 e. The average Bonchev–Trinajstić information content (AvgIpc) is 2.65. The Hall–Kier alpha value is -1.90. The van der Waals surface area contributed by atoms with Crippen molar-refractivity contribution in [1.29, 1.82) is 0 Å². The lowest BCUT2D eigenvalue weighted by Crippen LogP contribution is -2.63. The molecule has 0 spiro atoms. The van der Waals surface area contributed by atoms with Gasteiger partial charge in [0, 0.05) is 41.1 Å². The first kappa shape index (κ1) is 24.7. The molecule has 3 rings (SSSR count). The fraction of sp³-hybridized carbons (Fsp3) is 0.478. The SMILES string of the molecule is CC1(C)CC(N(Cc2cccnc2)C(=S)Nc2ccc(Cl)cc2C(F)(F)F)CC(C)(C)N1. The molecule has 1 saturated heterocycles. The van der Waals surface area contributed by atoms with Gasteiger partial charge in [-0.05, 0) is 82.6 Å². The van der Waals surface area contributed by atoms with Crippen LogP contribution in [-0.2, 0) is 12.7 Å². The standard InChI is InChI=1S/C23H28ClF3N4S/c1-21(2)11-17(12-22(3,4)30-21)31(14-15-6-5-9-28-13-15)20(32)29-19-8-7-16(24)10-18(19)23(25,26)27/h5-10,13,17,30H,11-12,14H2,1-4H3,(H,29,32). The van der Waals surface area contributed by atoms with Crippen molar-refractivity contribution in [2.75, 3.05) is 5.32 Å². The summed E-state index contributed by atoms with van der Waals surface area (Å²) in [5.74, 6) is 0. The number of nitrogens with one attached hydrogen (secondary N) is 2. The number of hydrogen-bond donors (Lipinski definition) is 2. The maximum atomic E-state index is 13.6. The van der Waals surface area contributed by atoms with Gasteiger partial charge in [0.2, 0.25) is 0 Å². The molecular weight excluding hydrogens is 457 g/mol. The predicted octanol–water partition coefficient (Wildman–Crippen LogP) is 6.26. The van der Waals surface area contributed by atoms with Crippen LogP contribution in [0.3, 0.4) is 0 Å². The van der Waals surface area contributed by atoms with E-state index in [1.54, 1.807) is 12.4 Å². The Bertz CT molecular complexity index is 947. The molecule has 2 aromatic rings. The zero-order valence-electron chi connectivity index (χ0n) is 18.6. The van der Waals surface area contributed by atoms with Gasteiger partial charge in [0.1, 0.15) is 0 Å². The minimum absolute atomic E-state index is 0.0165. The normalized spacial score (nSPS) is 18.2. The molecule has 0 amide bonds. The first-order chi connectivity index (χ1) is 14.8. The number of pyridine rings is 1.